The van der Waals surface area contributed by atoms with Gasteiger partial charge in [0.05, 0.1) is 23.2 Å². The van der Waals surface area contributed by atoms with Crippen LogP contribution in [0.3, 0.4) is 0 Å². The van der Waals surface area contributed by atoms with Gasteiger partial charge in [0.15, 0.2) is 11.5 Å². The number of phenols is 1. The summed E-state index contributed by atoms with van der Waals surface area (Å²) in [4.78, 5) is 55.6. The number of benzene rings is 3. The lowest BCUT2D eigenvalue weighted by Crippen LogP contribution is -2.33. The summed E-state index contributed by atoms with van der Waals surface area (Å²) in [6, 6.07) is 20.7. The Morgan fingerprint density at radius 1 is 1.02 bits per heavy atom. The number of thiazole rings is 1. The zero-order chi connectivity index (χ0) is 29.5. The molecule has 3 amide bonds. The number of anilines is 2. The van der Waals surface area contributed by atoms with Crippen molar-refractivity contribution in [3.05, 3.63) is 97.4 Å². The van der Waals surface area contributed by atoms with Gasteiger partial charge in [-0.2, -0.15) is 0 Å². The number of halogens is 1. The van der Waals surface area contributed by atoms with E-state index in [0.29, 0.717) is 33.4 Å². The first-order chi connectivity index (χ1) is 20.3. The van der Waals surface area contributed by atoms with Crippen LogP contribution in [-0.2, 0) is 20.9 Å². The van der Waals surface area contributed by atoms with Crippen molar-refractivity contribution in [3.63, 3.8) is 0 Å². The Balaban J connectivity index is 1.44. The highest BCUT2D eigenvalue weighted by Gasteiger charge is 2.57. The first kappa shape index (κ1) is 28.3. The van der Waals surface area contributed by atoms with Crippen LogP contribution in [0.25, 0.3) is 0 Å². The van der Waals surface area contributed by atoms with E-state index in [1.807, 2.05) is 6.07 Å². The number of hydrogen-bond donors (Lipinski definition) is 2. The fourth-order valence-electron chi connectivity index (χ4n) is 5.32. The molecule has 214 valence electrons. The number of nitrogens with zero attached hydrogens (tertiary/aromatic N) is 2. The van der Waals surface area contributed by atoms with Gasteiger partial charge in [0, 0.05) is 21.0 Å². The van der Waals surface area contributed by atoms with Crippen molar-refractivity contribution in [1.82, 2.24) is 4.57 Å². The minimum atomic E-state index is -0.833. The minimum Gasteiger partial charge on any atom is -0.504 e. The standard InChI is InChI=1S/C30H24BrN3O6S2/c1-2-40-21-14-16(8-13-20(21)35)23-24-25(28(38)34(27(24)37)19-11-9-17(31)10-12-19)41-29-26(23)42-30(39)33(29)15-22(36)32-18-6-4-3-5-7-18/h3-14,23-25,35H,2,15H2,1H3,(H,32,36). The van der Waals surface area contributed by atoms with Gasteiger partial charge in [0.25, 0.3) is 0 Å². The van der Waals surface area contributed by atoms with Crippen LogP contribution in [0.15, 0.2) is 87.1 Å². The largest absolute Gasteiger partial charge is 0.504 e. The van der Waals surface area contributed by atoms with Crippen molar-refractivity contribution in [2.75, 3.05) is 16.8 Å². The van der Waals surface area contributed by atoms with Gasteiger partial charge in [-0.25, -0.2) is 4.90 Å². The van der Waals surface area contributed by atoms with E-state index >= 15 is 0 Å². The van der Waals surface area contributed by atoms with Crippen LogP contribution in [0.2, 0.25) is 0 Å². The van der Waals surface area contributed by atoms with Crippen LogP contribution in [-0.4, -0.2) is 39.3 Å². The summed E-state index contributed by atoms with van der Waals surface area (Å²) in [6.45, 7) is 1.85. The molecule has 3 heterocycles. The Kier molecular flexibility index (Phi) is 7.69. The number of fused-ring (bicyclic) bond motifs is 2. The molecule has 12 heteroatoms. The van der Waals surface area contributed by atoms with Gasteiger partial charge in [0.1, 0.15) is 11.8 Å². The number of aromatic nitrogens is 1. The Bertz CT molecular complexity index is 1760. The molecule has 3 aromatic carbocycles. The number of carbonyl (C=O) groups is 3. The molecular formula is C30H24BrN3O6S2. The van der Waals surface area contributed by atoms with Crippen molar-refractivity contribution in [2.24, 2.45) is 5.92 Å². The summed E-state index contributed by atoms with van der Waals surface area (Å²) in [5.74, 6) is -2.48. The molecule has 3 unspecified atom stereocenters. The molecule has 3 atom stereocenters. The number of ether oxygens (including phenoxy) is 1. The zero-order valence-corrected chi connectivity index (χ0v) is 25.4. The maximum Gasteiger partial charge on any atom is 0.308 e. The van der Waals surface area contributed by atoms with Crippen LogP contribution in [0.4, 0.5) is 11.4 Å². The highest BCUT2D eigenvalue weighted by Crippen LogP contribution is 2.54. The van der Waals surface area contributed by atoms with E-state index < -0.39 is 28.9 Å². The number of amides is 3. The second-order valence-corrected chi connectivity index (χ2v) is 12.8. The predicted octanol–water partition coefficient (Wildman–Crippen LogP) is 5.21. The molecule has 2 aliphatic heterocycles. The van der Waals surface area contributed by atoms with E-state index in [1.54, 1.807) is 67.6 Å². The average molecular weight is 667 g/mol. The highest BCUT2D eigenvalue weighted by atomic mass is 79.9. The number of nitrogens with one attached hydrogen (secondary N) is 1. The molecule has 2 aliphatic rings. The predicted molar refractivity (Wildman–Crippen MR) is 165 cm³/mol. The van der Waals surface area contributed by atoms with E-state index in [0.717, 1.165) is 27.6 Å². The van der Waals surface area contributed by atoms with Gasteiger partial charge in [-0.15, -0.1) is 0 Å². The number of thioether (sulfide) groups is 1. The molecule has 9 nitrogen and oxygen atoms in total. The SMILES string of the molecule is CCOc1cc(C2c3sc(=O)n(CC(=O)Nc4ccccc4)c3SC3C(=O)N(c4ccc(Br)cc4)C(=O)C32)ccc1O. The molecule has 4 aromatic rings. The normalized spacial score (nSPS) is 19.4. The summed E-state index contributed by atoms with van der Waals surface area (Å²) < 4.78 is 7.80. The van der Waals surface area contributed by atoms with Crippen molar-refractivity contribution in [1.29, 1.82) is 0 Å². The average Bonchev–Trinajstić information content (AvgIpc) is 3.41. The van der Waals surface area contributed by atoms with Gasteiger partial charge < -0.3 is 15.2 Å². The lowest BCUT2D eigenvalue weighted by molar-refractivity contribution is -0.122. The number of carbonyl (C=O) groups excluding carboxylic acids is 3. The number of aromatic hydroxyl groups is 1. The topological polar surface area (TPSA) is 118 Å². The molecule has 2 N–H and O–H groups in total. The van der Waals surface area contributed by atoms with E-state index in [2.05, 4.69) is 21.2 Å². The molecule has 0 radical (unpaired) electrons. The van der Waals surface area contributed by atoms with Crippen LogP contribution < -0.4 is 19.8 Å². The Labute approximate surface area is 257 Å². The van der Waals surface area contributed by atoms with Gasteiger partial charge >= 0.3 is 4.87 Å². The summed E-state index contributed by atoms with van der Waals surface area (Å²) in [6.07, 6.45) is 0. The van der Waals surface area contributed by atoms with Crippen LogP contribution in [0, 0.1) is 5.92 Å². The third-order valence-electron chi connectivity index (χ3n) is 7.14. The molecular weight excluding hydrogens is 642 g/mol. The highest BCUT2D eigenvalue weighted by molar-refractivity contribution is 9.10. The lowest BCUT2D eigenvalue weighted by atomic mass is 9.83. The molecule has 0 spiro atoms. The Hall–Kier alpha value is -3.87. The van der Waals surface area contributed by atoms with Crippen molar-refractivity contribution in [3.8, 4) is 11.5 Å². The summed E-state index contributed by atoms with van der Waals surface area (Å²) in [7, 11) is 0. The Morgan fingerprint density at radius 2 is 1.76 bits per heavy atom. The van der Waals surface area contributed by atoms with Crippen molar-refractivity contribution in [2.45, 2.75) is 29.7 Å². The van der Waals surface area contributed by atoms with Crippen LogP contribution in [0.5, 0.6) is 11.5 Å². The fourth-order valence-corrected chi connectivity index (χ4v) is 8.36. The fraction of sp³-hybridized carbons (Fsp3) is 0.200. The smallest absolute Gasteiger partial charge is 0.308 e. The Morgan fingerprint density at radius 3 is 2.48 bits per heavy atom. The lowest BCUT2D eigenvalue weighted by Gasteiger charge is -2.31. The summed E-state index contributed by atoms with van der Waals surface area (Å²) in [5, 5.41) is 12.8. The molecule has 42 heavy (non-hydrogen) atoms. The second kappa shape index (κ2) is 11.4. The third-order valence-corrected chi connectivity index (χ3v) is 10.3. The molecule has 1 fully saturated rings. The first-order valence-electron chi connectivity index (χ1n) is 13.1. The minimum absolute atomic E-state index is 0.0591. The number of imide groups is 1. The molecule has 6 rings (SSSR count). The number of hydrogen-bond acceptors (Lipinski definition) is 8. The van der Waals surface area contributed by atoms with Gasteiger partial charge in [-0.1, -0.05) is 63.3 Å². The molecule has 0 aliphatic carbocycles. The zero-order valence-electron chi connectivity index (χ0n) is 22.2. The second-order valence-electron chi connectivity index (χ2n) is 9.73. The van der Waals surface area contributed by atoms with E-state index in [1.165, 1.54) is 15.5 Å². The summed E-state index contributed by atoms with van der Waals surface area (Å²) >= 11 is 5.49. The number of rotatable bonds is 7. The van der Waals surface area contributed by atoms with Gasteiger partial charge in [-0.3, -0.25) is 23.7 Å². The quantitative estimate of drug-likeness (QED) is 0.260. The molecule has 1 aromatic heterocycles. The van der Waals surface area contributed by atoms with Crippen molar-refractivity contribution >= 4 is 68.1 Å². The van der Waals surface area contributed by atoms with Gasteiger partial charge in [-0.05, 0) is 61.0 Å². The van der Waals surface area contributed by atoms with E-state index in [9.17, 15) is 24.3 Å². The van der Waals surface area contributed by atoms with Gasteiger partial charge in [0.2, 0.25) is 17.7 Å². The molecule has 1 saturated heterocycles. The monoisotopic (exact) mass is 665 g/mol. The summed E-state index contributed by atoms with van der Waals surface area (Å²) in [5.41, 5.74) is 1.67. The number of phenolic OH excluding ortho intramolecular Hbond substituents is 1. The van der Waals surface area contributed by atoms with Crippen LogP contribution >= 0.6 is 39.0 Å². The molecule has 0 bridgehead atoms. The van der Waals surface area contributed by atoms with Crippen molar-refractivity contribution < 1.29 is 24.2 Å². The number of para-hydroxylation sites is 1. The maximum atomic E-state index is 14.0. The third kappa shape index (κ3) is 5.03. The first-order valence-corrected chi connectivity index (χ1v) is 15.6. The van der Waals surface area contributed by atoms with E-state index in [4.69, 9.17) is 4.74 Å². The van der Waals surface area contributed by atoms with Crippen LogP contribution in [0.1, 0.15) is 23.3 Å². The van der Waals surface area contributed by atoms with E-state index in [-0.39, 0.29) is 28.8 Å². The maximum absolute atomic E-state index is 14.0. The molecule has 0 saturated carbocycles.